The molecule has 0 saturated heterocycles. The molecule has 0 aromatic carbocycles. The van der Waals surface area contributed by atoms with Crippen molar-refractivity contribution >= 4 is 11.9 Å². The number of aliphatic hydroxyl groups is 1. The molecule has 2 aliphatic rings. The van der Waals surface area contributed by atoms with E-state index >= 15 is 0 Å². The Morgan fingerprint density at radius 2 is 0.796 bits per heavy atom. The van der Waals surface area contributed by atoms with E-state index in [1.807, 2.05) is 0 Å². The smallest absolute Gasteiger partial charge is 0.352 e. The van der Waals surface area contributed by atoms with Gasteiger partial charge < -0.3 is 14.6 Å². The number of rotatable bonds is 8. The van der Waals surface area contributed by atoms with Gasteiger partial charge in [-0.25, -0.2) is 49.1 Å². The zero-order valence-electron chi connectivity index (χ0n) is 26.1. The van der Waals surface area contributed by atoms with Gasteiger partial charge in [-0.3, -0.25) is 9.41 Å². The number of halogens is 23. The molecule has 0 bridgehead atoms. The van der Waals surface area contributed by atoms with Crippen LogP contribution in [-0.2, 0) is 19.1 Å². The lowest BCUT2D eigenvalue weighted by molar-refractivity contribution is -0.394. The van der Waals surface area contributed by atoms with Crippen molar-refractivity contribution in [2.24, 2.45) is 0 Å². The Labute approximate surface area is 286 Å². The molecule has 54 heavy (non-hydrogen) atoms. The number of alkyl halides is 21. The lowest BCUT2D eigenvalue weighted by Crippen LogP contribution is -2.75. The van der Waals surface area contributed by atoms with Crippen LogP contribution in [0.5, 0.6) is 0 Å². The lowest BCUT2D eigenvalue weighted by Gasteiger charge is -2.49. The van der Waals surface area contributed by atoms with Crippen LogP contribution in [0.3, 0.4) is 0 Å². The van der Waals surface area contributed by atoms with E-state index in [0.29, 0.717) is 0 Å². The third kappa shape index (κ3) is 7.89. The van der Waals surface area contributed by atoms with Crippen molar-refractivity contribution in [3.05, 3.63) is 25.3 Å². The minimum atomic E-state index is -6.71. The number of carbonyl (C=O) groups excluding carboxylic acids is 2. The summed E-state index contributed by atoms with van der Waals surface area (Å²) in [4.78, 5) is 21.9. The second-order valence-corrected chi connectivity index (χ2v) is 11.6. The Kier molecular flexibility index (Phi) is 15.4. The quantitative estimate of drug-likeness (QED) is 0.152. The first kappa shape index (κ1) is 52.9. The predicted octanol–water partition coefficient (Wildman–Crippen LogP) is 8.20. The van der Waals surface area contributed by atoms with Crippen molar-refractivity contribution in [2.75, 3.05) is 26.7 Å². The van der Waals surface area contributed by atoms with Crippen molar-refractivity contribution in [1.82, 2.24) is 0 Å². The molecule has 2 aliphatic carbocycles. The zero-order chi connectivity index (χ0) is 41.6. The molecule has 320 valence electrons. The summed E-state index contributed by atoms with van der Waals surface area (Å²) in [7, 11) is 0. The van der Waals surface area contributed by atoms with Gasteiger partial charge in [-0.2, -0.15) is 52.7 Å². The Balaban J connectivity index is 0. The summed E-state index contributed by atoms with van der Waals surface area (Å²) in [5, 5.41) is 9.04. The van der Waals surface area contributed by atoms with Gasteiger partial charge in [0.2, 0.25) is 11.3 Å². The zero-order valence-corrected chi connectivity index (χ0v) is 26.1. The topological polar surface area (TPSA) is 72.8 Å². The molecule has 2 fully saturated rings. The van der Waals surface area contributed by atoms with Crippen LogP contribution in [0.2, 0.25) is 0 Å². The van der Waals surface area contributed by atoms with Crippen molar-refractivity contribution < 1.29 is 126 Å². The van der Waals surface area contributed by atoms with E-state index < -0.39 is 134 Å². The van der Waals surface area contributed by atoms with Gasteiger partial charge in [-0.15, -0.1) is 0 Å². The summed E-state index contributed by atoms with van der Waals surface area (Å²) in [5.74, 6) is -50.7. The molecule has 0 heterocycles. The molecular formula is C26H25F23O5. The van der Waals surface area contributed by atoms with Crippen LogP contribution in [0.1, 0.15) is 25.7 Å². The summed E-state index contributed by atoms with van der Waals surface area (Å²) >= 11 is 0. The van der Waals surface area contributed by atoms with E-state index in [2.05, 4.69) is 22.6 Å². The van der Waals surface area contributed by atoms with Gasteiger partial charge in [-0.1, -0.05) is 13.2 Å². The first-order valence-corrected chi connectivity index (χ1v) is 13.4. The van der Waals surface area contributed by atoms with Gasteiger partial charge in [0.15, 0.2) is 0 Å². The highest BCUT2D eigenvalue weighted by atomic mass is 19.3. The fraction of sp³-hybridized carbons (Fsp3) is 0.769. The third-order valence-electron chi connectivity index (χ3n) is 7.82. The number of esters is 2. The monoisotopic (exact) mass is 854 g/mol. The normalized spacial score (nSPS) is 39.1. The maximum Gasteiger partial charge on any atom is 0.352 e. The van der Waals surface area contributed by atoms with Crippen molar-refractivity contribution in [3.63, 3.8) is 0 Å². The first-order chi connectivity index (χ1) is 23.0. The van der Waals surface area contributed by atoms with E-state index in [4.69, 9.17) is 5.11 Å². The maximum atomic E-state index is 14.5. The van der Waals surface area contributed by atoms with E-state index in [9.17, 15) is 102 Å². The number of ether oxygens (including phenoxy) is 2. The molecule has 1 N–H and O–H groups in total. The Morgan fingerprint density at radius 3 is 1.07 bits per heavy atom. The summed E-state index contributed by atoms with van der Waals surface area (Å²) in [5.41, 5.74) is -22.7. The van der Waals surface area contributed by atoms with E-state index in [1.54, 1.807) is 0 Å². The Bertz CT molecular complexity index is 1270. The average molecular weight is 854 g/mol. The van der Waals surface area contributed by atoms with Crippen molar-refractivity contribution in [2.45, 2.75) is 95.5 Å². The van der Waals surface area contributed by atoms with Crippen LogP contribution in [0.4, 0.5) is 102 Å². The standard InChI is InChI=1S/C13H11F11O2.C13H12F10O3.2FH/c1-2-7(25)26-9(17)3-8(16,5-14)12(21,22)10(18,6-15)13(23,24)11(19,20)4-9;1-2-7(24)26-9(17)3-8(16,5-14)12(20,21)10(18,6-15)13(22,23)11(19,25)4-9;;/h2H,1,3-6H2;2,25H,1,3-6H2;2*1H. The second kappa shape index (κ2) is 15.7. The third-order valence-corrected chi connectivity index (χ3v) is 7.82. The molecule has 0 spiro atoms. The van der Waals surface area contributed by atoms with Crippen molar-refractivity contribution in [1.29, 1.82) is 0 Å². The molecule has 2 saturated carbocycles. The van der Waals surface area contributed by atoms with Crippen LogP contribution in [-0.4, -0.2) is 114 Å². The summed E-state index contributed by atoms with van der Waals surface area (Å²) in [6, 6.07) is 0. The van der Waals surface area contributed by atoms with Gasteiger partial charge >= 0.3 is 41.6 Å². The van der Waals surface area contributed by atoms with Gasteiger partial charge in [0.1, 0.15) is 26.7 Å². The largest absolute Gasteiger partial charge is 0.425 e. The van der Waals surface area contributed by atoms with Gasteiger partial charge in [0, 0.05) is 12.2 Å². The molecule has 7 unspecified atom stereocenters. The van der Waals surface area contributed by atoms with E-state index in [0.717, 1.165) is 0 Å². The summed E-state index contributed by atoms with van der Waals surface area (Å²) in [6.07, 6.45) is -11.2. The fourth-order valence-electron chi connectivity index (χ4n) is 4.97. The number of carbonyl (C=O) groups is 2. The van der Waals surface area contributed by atoms with E-state index in [1.165, 1.54) is 0 Å². The van der Waals surface area contributed by atoms with Crippen LogP contribution >= 0.6 is 0 Å². The number of hydrogen-bond acceptors (Lipinski definition) is 5. The highest BCUT2D eigenvalue weighted by molar-refractivity contribution is 5.81. The highest BCUT2D eigenvalue weighted by Crippen LogP contribution is 2.63. The van der Waals surface area contributed by atoms with Crippen LogP contribution in [0.15, 0.2) is 25.3 Å². The Morgan fingerprint density at radius 1 is 0.500 bits per heavy atom. The van der Waals surface area contributed by atoms with Crippen LogP contribution < -0.4 is 0 Å². The molecule has 0 aromatic rings. The van der Waals surface area contributed by atoms with Gasteiger partial charge in [-0.05, 0) is 0 Å². The average Bonchev–Trinajstić information content (AvgIpc) is 3.01. The molecule has 28 heteroatoms. The predicted molar refractivity (Wildman–Crippen MR) is 134 cm³/mol. The van der Waals surface area contributed by atoms with E-state index in [-0.39, 0.29) is 21.6 Å². The molecule has 7 atom stereocenters. The first-order valence-electron chi connectivity index (χ1n) is 13.4. The lowest BCUT2D eigenvalue weighted by atomic mass is 9.72. The maximum absolute atomic E-state index is 14.5. The van der Waals surface area contributed by atoms with Crippen LogP contribution in [0.25, 0.3) is 0 Å². The molecular weight excluding hydrogens is 829 g/mol. The minimum Gasteiger partial charge on any atom is -0.425 e. The highest BCUT2D eigenvalue weighted by Gasteiger charge is 2.88. The van der Waals surface area contributed by atoms with Crippen LogP contribution in [0, 0.1) is 0 Å². The summed E-state index contributed by atoms with van der Waals surface area (Å²) in [6.45, 7) is -7.72. The van der Waals surface area contributed by atoms with Gasteiger partial charge in [0.25, 0.3) is 28.9 Å². The van der Waals surface area contributed by atoms with Gasteiger partial charge in [0.05, 0.1) is 25.7 Å². The second-order valence-electron chi connectivity index (χ2n) is 11.6. The molecule has 0 aromatic heterocycles. The number of hydrogen-bond donors (Lipinski definition) is 1. The fourth-order valence-corrected chi connectivity index (χ4v) is 4.97. The molecule has 2 rings (SSSR count). The minimum absolute atomic E-state index is 0. The Hall–Kier alpha value is -3.23. The molecule has 0 amide bonds. The summed E-state index contributed by atoms with van der Waals surface area (Å²) < 4.78 is 297. The molecule has 0 radical (unpaired) electrons. The molecule has 5 nitrogen and oxygen atoms in total. The van der Waals surface area contributed by atoms with Crippen molar-refractivity contribution in [3.8, 4) is 0 Å². The SMILES string of the molecule is C=CC(=O)OC1(F)CC(F)(F)C(F)(F)C(F)(CF)C(F)(F)C(F)(CF)C1.C=CC(=O)OC1(F)CC(O)(F)C(F)(F)C(F)(CF)C(F)(F)C(F)(CF)C1.F.F. The molecule has 0 aliphatic heterocycles.